The molecule has 0 bridgehead atoms. The Balaban J connectivity index is 2.00. The lowest BCUT2D eigenvalue weighted by Gasteiger charge is -2.21. The predicted molar refractivity (Wildman–Crippen MR) is 73.7 cm³/mol. The second kappa shape index (κ2) is 6.98. The van der Waals surface area contributed by atoms with Crippen molar-refractivity contribution >= 4 is 6.09 Å². The van der Waals surface area contributed by atoms with E-state index in [-0.39, 0.29) is 6.09 Å². The maximum Gasteiger partial charge on any atom is 0.407 e. The number of nitrogens with zero attached hydrogens (tertiary/aromatic N) is 1. The Labute approximate surface area is 111 Å². The maximum absolute atomic E-state index is 11.4. The van der Waals surface area contributed by atoms with Gasteiger partial charge >= 0.3 is 6.09 Å². The van der Waals surface area contributed by atoms with Crippen LogP contribution >= 0.6 is 0 Å². The van der Waals surface area contributed by atoms with Crippen LogP contribution in [0.15, 0.2) is 0 Å². The largest absolute Gasteiger partial charge is 0.444 e. The summed E-state index contributed by atoms with van der Waals surface area (Å²) in [5.41, 5.74) is -0.408. The number of unbranched alkanes of at least 4 members (excludes halogenated alkanes) is 1. The molecule has 106 valence electrons. The van der Waals surface area contributed by atoms with E-state index in [2.05, 4.69) is 17.1 Å². The molecule has 18 heavy (non-hydrogen) atoms. The van der Waals surface area contributed by atoms with Gasteiger partial charge < -0.3 is 15.0 Å². The summed E-state index contributed by atoms with van der Waals surface area (Å²) in [6.07, 6.45) is 4.51. The summed E-state index contributed by atoms with van der Waals surface area (Å²) in [5, 5.41) is 2.80. The Morgan fingerprint density at radius 2 is 2.11 bits per heavy atom. The zero-order chi connectivity index (χ0) is 13.6. The fourth-order valence-electron chi connectivity index (χ4n) is 2.27. The number of carbonyl (C=O) groups is 1. The van der Waals surface area contributed by atoms with Gasteiger partial charge in [0.05, 0.1) is 0 Å². The van der Waals surface area contributed by atoms with Crippen molar-refractivity contribution < 1.29 is 9.53 Å². The van der Waals surface area contributed by atoms with E-state index in [0.29, 0.717) is 6.54 Å². The van der Waals surface area contributed by atoms with Crippen LogP contribution in [0, 0.1) is 0 Å². The van der Waals surface area contributed by atoms with Crippen LogP contribution in [-0.4, -0.2) is 42.3 Å². The van der Waals surface area contributed by atoms with Gasteiger partial charge in [-0.3, -0.25) is 0 Å². The Morgan fingerprint density at radius 1 is 1.39 bits per heavy atom. The van der Waals surface area contributed by atoms with Crippen molar-refractivity contribution in [3.63, 3.8) is 0 Å². The molecule has 1 rings (SSSR count). The van der Waals surface area contributed by atoms with Gasteiger partial charge in [0.1, 0.15) is 5.60 Å². The fourth-order valence-corrected chi connectivity index (χ4v) is 2.27. The molecule has 0 aromatic heterocycles. The molecule has 1 fully saturated rings. The van der Waals surface area contributed by atoms with Crippen molar-refractivity contribution in [1.29, 1.82) is 0 Å². The lowest BCUT2D eigenvalue weighted by Crippen LogP contribution is -2.33. The molecule has 0 aromatic carbocycles. The molecule has 0 spiro atoms. The first-order chi connectivity index (χ1) is 8.38. The SMILES string of the molecule is CC1CCCN1CCCCNC(=O)OC(C)(C)C. The van der Waals surface area contributed by atoms with Crippen molar-refractivity contribution in [1.82, 2.24) is 10.2 Å². The van der Waals surface area contributed by atoms with Gasteiger partial charge in [-0.05, 0) is 66.5 Å². The van der Waals surface area contributed by atoms with Crippen molar-refractivity contribution in [2.75, 3.05) is 19.6 Å². The molecule has 0 radical (unpaired) electrons. The summed E-state index contributed by atoms with van der Waals surface area (Å²) in [6, 6.07) is 0.740. The zero-order valence-electron chi connectivity index (χ0n) is 12.3. The Bertz CT molecular complexity index is 261. The van der Waals surface area contributed by atoms with Gasteiger partial charge in [0.2, 0.25) is 0 Å². The third kappa shape index (κ3) is 6.24. The van der Waals surface area contributed by atoms with E-state index in [1.54, 1.807) is 0 Å². The highest BCUT2D eigenvalue weighted by molar-refractivity contribution is 5.67. The summed E-state index contributed by atoms with van der Waals surface area (Å²) in [6.45, 7) is 11.0. The molecular weight excluding hydrogens is 228 g/mol. The monoisotopic (exact) mass is 256 g/mol. The van der Waals surface area contributed by atoms with Gasteiger partial charge in [-0.1, -0.05) is 0 Å². The van der Waals surface area contributed by atoms with Gasteiger partial charge in [-0.15, -0.1) is 0 Å². The number of nitrogens with one attached hydrogen (secondary N) is 1. The number of alkyl carbamates (subject to hydrolysis) is 1. The second-order valence-electron chi connectivity index (χ2n) is 6.16. The molecular formula is C14H28N2O2. The second-order valence-corrected chi connectivity index (χ2v) is 6.16. The molecule has 0 aliphatic carbocycles. The first-order valence-corrected chi connectivity index (χ1v) is 7.09. The highest BCUT2D eigenvalue weighted by atomic mass is 16.6. The quantitative estimate of drug-likeness (QED) is 0.769. The summed E-state index contributed by atoms with van der Waals surface area (Å²) in [4.78, 5) is 13.9. The average Bonchev–Trinajstić information content (AvgIpc) is 2.61. The van der Waals surface area contributed by atoms with Crippen molar-refractivity contribution in [3.05, 3.63) is 0 Å². The zero-order valence-corrected chi connectivity index (χ0v) is 12.3. The van der Waals surface area contributed by atoms with Gasteiger partial charge in [-0.25, -0.2) is 4.79 Å². The molecule has 1 amide bonds. The number of hydrogen-bond donors (Lipinski definition) is 1. The van der Waals surface area contributed by atoms with Crippen LogP contribution in [0.25, 0.3) is 0 Å². The lowest BCUT2D eigenvalue weighted by molar-refractivity contribution is 0.0526. The Kier molecular flexibility index (Phi) is 5.93. The maximum atomic E-state index is 11.4. The van der Waals surface area contributed by atoms with Crippen LogP contribution in [0.5, 0.6) is 0 Å². The number of ether oxygens (including phenoxy) is 1. The summed E-state index contributed by atoms with van der Waals surface area (Å²) in [5.74, 6) is 0. The molecule has 1 unspecified atom stereocenters. The van der Waals surface area contributed by atoms with Crippen LogP contribution < -0.4 is 5.32 Å². The van der Waals surface area contributed by atoms with E-state index in [9.17, 15) is 4.79 Å². The van der Waals surface area contributed by atoms with Crippen molar-refractivity contribution in [2.24, 2.45) is 0 Å². The first kappa shape index (κ1) is 15.3. The van der Waals surface area contributed by atoms with Crippen LogP contribution in [0.2, 0.25) is 0 Å². The summed E-state index contributed by atoms with van der Waals surface area (Å²) >= 11 is 0. The topological polar surface area (TPSA) is 41.6 Å². The third-order valence-corrected chi connectivity index (χ3v) is 3.23. The molecule has 1 heterocycles. The minimum Gasteiger partial charge on any atom is -0.444 e. The number of rotatable bonds is 5. The van der Waals surface area contributed by atoms with Gasteiger partial charge in [0.25, 0.3) is 0 Å². The predicted octanol–water partition coefficient (Wildman–Crippen LogP) is 2.78. The molecule has 1 N–H and O–H groups in total. The molecule has 4 nitrogen and oxygen atoms in total. The number of carbonyl (C=O) groups excluding carboxylic acids is 1. The molecule has 1 aliphatic rings. The van der Waals surface area contributed by atoms with Crippen molar-refractivity contribution in [3.8, 4) is 0 Å². The van der Waals surface area contributed by atoms with Gasteiger partial charge in [0.15, 0.2) is 0 Å². The third-order valence-electron chi connectivity index (χ3n) is 3.23. The van der Waals surface area contributed by atoms with E-state index in [4.69, 9.17) is 4.74 Å². The van der Waals surface area contributed by atoms with E-state index >= 15 is 0 Å². The van der Waals surface area contributed by atoms with Gasteiger partial charge in [0, 0.05) is 12.6 Å². The molecule has 4 heteroatoms. The highest BCUT2D eigenvalue weighted by Crippen LogP contribution is 2.16. The molecule has 1 atom stereocenters. The standard InChI is InChI=1S/C14H28N2O2/c1-12-8-7-11-16(12)10-6-5-9-15-13(17)18-14(2,3)4/h12H,5-11H2,1-4H3,(H,15,17). The lowest BCUT2D eigenvalue weighted by atomic mass is 10.2. The van der Waals surface area contributed by atoms with E-state index in [1.807, 2.05) is 20.8 Å². The average molecular weight is 256 g/mol. The van der Waals surface area contributed by atoms with E-state index in [1.165, 1.54) is 19.4 Å². The smallest absolute Gasteiger partial charge is 0.407 e. The minimum atomic E-state index is -0.408. The van der Waals surface area contributed by atoms with Crippen LogP contribution in [-0.2, 0) is 4.74 Å². The molecule has 0 aromatic rings. The fraction of sp³-hybridized carbons (Fsp3) is 0.929. The summed E-state index contributed by atoms with van der Waals surface area (Å²) < 4.78 is 5.17. The minimum absolute atomic E-state index is 0.308. The molecule has 1 saturated heterocycles. The van der Waals surface area contributed by atoms with Crippen molar-refractivity contribution in [2.45, 2.75) is 65.0 Å². The van der Waals surface area contributed by atoms with E-state index < -0.39 is 5.60 Å². The number of likely N-dealkylation sites (tertiary alicyclic amines) is 1. The van der Waals surface area contributed by atoms with Crippen LogP contribution in [0.1, 0.15) is 53.4 Å². The van der Waals surface area contributed by atoms with Gasteiger partial charge in [-0.2, -0.15) is 0 Å². The highest BCUT2D eigenvalue weighted by Gasteiger charge is 2.19. The number of hydrogen-bond acceptors (Lipinski definition) is 3. The number of amides is 1. The summed E-state index contributed by atoms with van der Waals surface area (Å²) in [7, 11) is 0. The van der Waals surface area contributed by atoms with Crippen LogP contribution in [0.3, 0.4) is 0 Å². The first-order valence-electron chi connectivity index (χ1n) is 7.09. The van der Waals surface area contributed by atoms with E-state index in [0.717, 1.165) is 25.4 Å². The molecule has 0 saturated carbocycles. The Morgan fingerprint density at radius 3 is 2.67 bits per heavy atom. The molecule has 1 aliphatic heterocycles. The normalized spacial score (nSPS) is 21.0. The van der Waals surface area contributed by atoms with Crippen LogP contribution in [0.4, 0.5) is 4.79 Å². The Hall–Kier alpha value is -0.770.